The van der Waals surface area contributed by atoms with Crippen LogP contribution in [0.25, 0.3) is 0 Å². The van der Waals surface area contributed by atoms with E-state index in [0.29, 0.717) is 6.61 Å². The second-order valence-electron chi connectivity index (χ2n) is 4.05. The highest BCUT2D eigenvalue weighted by Crippen LogP contribution is 2.18. The Morgan fingerprint density at radius 1 is 1.56 bits per heavy atom. The molecule has 6 heteroatoms. The summed E-state index contributed by atoms with van der Waals surface area (Å²) in [6, 6.07) is -1.24. The van der Waals surface area contributed by atoms with Crippen molar-refractivity contribution >= 4 is 12.0 Å². The van der Waals surface area contributed by atoms with Gasteiger partial charge in [-0.15, -0.1) is 0 Å². The van der Waals surface area contributed by atoms with Crippen LogP contribution in [0.3, 0.4) is 0 Å². The molecule has 0 radical (unpaired) electrons. The molecule has 1 heterocycles. The first-order valence-electron chi connectivity index (χ1n) is 5.31. The summed E-state index contributed by atoms with van der Waals surface area (Å²) >= 11 is 0. The standard InChI is InChI=1S/C10H18N2O4/c1-6(9(13)14)11-10(15)12(3)8-4-5-16-7(8)2/h6-8H,4-5H2,1-3H3,(H,11,15)(H,13,14). The smallest absolute Gasteiger partial charge is 0.325 e. The molecule has 3 unspecified atom stereocenters. The number of hydrogen-bond acceptors (Lipinski definition) is 3. The first kappa shape index (κ1) is 12.8. The Balaban J connectivity index is 2.50. The number of carboxylic acid groups (broad SMARTS) is 1. The van der Waals surface area contributed by atoms with Gasteiger partial charge in [-0.25, -0.2) is 4.79 Å². The van der Waals surface area contributed by atoms with Crippen molar-refractivity contribution in [1.29, 1.82) is 0 Å². The van der Waals surface area contributed by atoms with Crippen LogP contribution in [-0.2, 0) is 9.53 Å². The van der Waals surface area contributed by atoms with E-state index in [9.17, 15) is 9.59 Å². The van der Waals surface area contributed by atoms with Gasteiger partial charge in [0.2, 0.25) is 0 Å². The van der Waals surface area contributed by atoms with Crippen molar-refractivity contribution in [3.8, 4) is 0 Å². The van der Waals surface area contributed by atoms with Gasteiger partial charge in [-0.2, -0.15) is 0 Å². The fourth-order valence-corrected chi connectivity index (χ4v) is 1.73. The quantitative estimate of drug-likeness (QED) is 0.729. The number of ether oxygens (including phenoxy) is 1. The number of urea groups is 1. The van der Waals surface area contributed by atoms with Crippen LogP contribution in [0.4, 0.5) is 4.79 Å². The van der Waals surface area contributed by atoms with Gasteiger partial charge in [-0.1, -0.05) is 0 Å². The van der Waals surface area contributed by atoms with Crippen LogP contribution in [0.15, 0.2) is 0 Å². The highest BCUT2D eigenvalue weighted by atomic mass is 16.5. The third kappa shape index (κ3) is 2.85. The number of likely N-dealkylation sites (N-methyl/N-ethyl adjacent to an activating group) is 1. The van der Waals surface area contributed by atoms with E-state index in [1.807, 2.05) is 6.92 Å². The van der Waals surface area contributed by atoms with Gasteiger partial charge in [0.05, 0.1) is 12.1 Å². The molecule has 1 aliphatic rings. The topological polar surface area (TPSA) is 78.9 Å². The number of amides is 2. The maximum atomic E-state index is 11.7. The van der Waals surface area contributed by atoms with E-state index in [1.54, 1.807) is 7.05 Å². The third-order valence-electron chi connectivity index (χ3n) is 2.86. The average Bonchev–Trinajstić information content (AvgIpc) is 2.62. The van der Waals surface area contributed by atoms with E-state index in [-0.39, 0.29) is 18.2 Å². The number of nitrogens with zero attached hydrogens (tertiary/aromatic N) is 1. The number of carbonyl (C=O) groups is 2. The molecule has 0 aliphatic carbocycles. The zero-order valence-electron chi connectivity index (χ0n) is 9.77. The summed E-state index contributed by atoms with van der Waals surface area (Å²) in [6.07, 6.45) is 0.780. The lowest BCUT2D eigenvalue weighted by Gasteiger charge is -2.27. The van der Waals surface area contributed by atoms with Crippen molar-refractivity contribution in [2.75, 3.05) is 13.7 Å². The van der Waals surface area contributed by atoms with Crippen LogP contribution in [0.2, 0.25) is 0 Å². The molecule has 1 saturated heterocycles. The van der Waals surface area contributed by atoms with Gasteiger partial charge in [0.1, 0.15) is 6.04 Å². The van der Waals surface area contributed by atoms with Gasteiger partial charge >= 0.3 is 12.0 Å². The number of rotatable bonds is 3. The summed E-state index contributed by atoms with van der Waals surface area (Å²) in [5.74, 6) is -1.04. The molecule has 1 aliphatic heterocycles. The Bertz CT molecular complexity index is 282. The van der Waals surface area contributed by atoms with Gasteiger partial charge in [0.25, 0.3) is 0 Å². The molecule has 0 aromatic rings. The zero-order valence-corrected chi connectivity index (χ0v) is 9.77. The van der Waals surface area contributed by atoms with Gasteiger partial charge in [0, 0.05) is 13.7 Å². The Labute approximate surface area is 94.6 Å². The summed E-state index contributed by atoms with van der Waals surface area (Å²) in [5.41, 5.74) is 0. The molecule has 0 bridgehead atoms. The fraction of sp³-hybridized carbons (Fsp3) is 0.800. The predicted molar refractivity (Wildman–Crippen MR) is 57.2 cm³/mol. The lowest BCUT2D eigenvalue weighted by Crippen LogP contribution is -2.50. The predicted octanol–water partition coefficient (Wildman–Crippen LogP) is 0.278. The van der Waals surface area contributed by atoms with Crippen molar-refractivity contribution in [3.63, 3.8) is 0 Å². The van der Waals surface area contributed by atoms with Gasteiger partial charge in [-0.05, 0) is 20.3 Å². The van der Waals surface area contributed by atoms with Crippen molar-refractivity contribution in [2.24, 2.45) is 0 Å². The third-order valence-corrected chi connectivity index (χ3v) is 2.86. The normalized spacial score (nSPS) is 26.2. The molecule has 92 valence electrons. The molecular formula is C10H18N2O4. The van der Waals surface area contributed by atoms with Crippen LogP contribution in [0.1, 0.15) is 20.3 Å². The Morgan fingerprint density at radius 3 is 2.62 bits per heavy atom. The minimum Gasteiger partial charge on any atom is -0.480 e. The Morgan fingerprint density at radius 2 is 2.19 bits per heavy atom. The lowest BCUT2D eigenvalue weighted by atomic mass is 10.1. The minimum atomic E-state index is -1.04. The van der Waals surface area contributed by atoms with E-state index in [4.69, 9.17) is 9.84 Å². The summed E-state index contributed by atoms with van der Waals surface area (Å²) in [7, 11) is 1.65. The SMILES string of the molecule is CC(NC(=O)N(C)C1CCOC1C)C(=O)O. The van der Waals surface area contributed by atoms with Crippen LogP contribution < -0.4 is 5.32 Å². The molecule has 1 rings (SSSR count). The number of nitrogens with one attached hydrogen (secondary N) is 1. The van der Waals surface area contributed by atoms with Crippen molar-refractivity contribution in [2.45, 2.75) is 38.5 Å². The first-order chi connectivity index (χ1) is 7.43. The summed E-state index contributed by atoms with van der Waals surface area (Å²) in [6.45, 7) is 3.97. The highest BCUT2D eigenvalue weighted by molar-refractivity contribution is 5.82. The van der Waals surface area contributed by atoms with E-state index in [1.165, 1.54) is 11.8 Å². The highest BCUT2D eigenvalue weighted by Gasteiger charge is 2.31. The largest absolute Gasteiger partial charge is 0.480 e. The number of aliphatic carboxylic acids is 1. The summed E-state index contributed by atoms with van der Waals surface area (Å²) in [5, 5.41) is 11.1. The van der Waals surface area contributed by atoms with Gasteiger partial charge in [-0.3, -0.25) is 4.79 Å². The van der Waals surface area contributed by atoms with Gasteiger partial charge < -0.3 is 20.1 Å². The maximum Gasteiger partial charge on any atom is 0.325 e. The first-order valence-corrected chi connectivity index (χ1v) is 5.31. The minimum absolute atomic E-state index is 0.00381. The molecule has 16 heavy (non-hydrogen) atoms. The molecule has 0 saturated carbocycles. The van der Waals surface area contributed by atoms with Crippen molar-refractivity contribution < 1.29 is 19.4 Å². The van der Waals surface area contributed by atoms with Crippen LogP contribution in [-0.4, -0.2) is 53.8 Å². The number of carbonyl (C=O) groups excluding carboxylic acids is 1. The average molecular weight is 230 g/mol. The van der Waals surface area contributed by atoms with Crippen LogP contribution >= 0.6 is 0 Å². The molecule has 2 amide bonds. The van der Waals surface area contributed by atoms with Crippen LogP contribution in [0.5, 0.6) is 0 Å². The van der Waals surface area contributed by atoms with E-state index in [0.717, 1.165) is 6.42 Å². The van der Waals surface area contributed by atoms with Crippen molar-refractivity contribution in [3.05, 3.63) is 0 Å². The lowest BCUT2D eigenvalue weighted by molar-refractivity contribution is -0.138. The molecule has 0 aromatic carbocycles. The Hall–Kier alpha value is -1.30. The molecule has 3 atom stereocenters. The fourth-order valence-electron chi connectivity index (χ4n) is 1.73. The molecule has 0 aromatic heterocycles. The van der Waals surface area contributed by atoms with E-state index >= 15 is 0 Å². The molecule has 2 N–H and O–H groups in total. The molecular weight excluding hydrogens is 212 g/mol. The summed E-state index contributed by atoms with van der Waals surface area (Å²) < 4.78 is 5.35. The van der Waals surface area contributed by atoms with E-state index < -0.39 is 12.0 Å². The molecule has 6 nitrogen and oxygen atoms in total. The molecule has 1 fully saturated rings. The monoisotopic (exact) mass is 230 g/mol. The zero-order chi connectivity index (χ0) is 12.3. The van der Waals surface area contributed by atoms with Crippen molar-refractivity contribution in [1.82, 2.24) is 10.2 Å². The Kier molecular flexibility index (Phi) is 4.12. The summed E-state index contributed by atoms with van der Waals surface area (Å²) in [4.78, 5) is 23.8. The second kappa shape index (κ2) is 5.16. The maximum absolute atomic E-state index is 11.7. The van der Waals surface area contributed by atoms with Gasteiger partial charge in [0.15, 0.2) is 0 Å². The number of hydrogen-bond donors (Lipinski definition) is 2. The van der Waals surface area contributed by atoms with Crippen LogP contribution in [0, 0.1) is 0 Å². The molecule has 0 spiro atoms. The second-order valence-corrected chi connectivity index (χ2v) is 4.05. The van der Waals surface area contributed by atoms with E-state index in [2.05, 4.69) is 5.32 Å². The number of carboxylic acids is 1.